The molecule has 0 aliphatic heterocycles. The summed E-state index contributed by atoms with van der Waals surface area (Å²) in [4.78, 5) is 26.7. The molecule has 0 bridgehead atoms. The van der Waals surface area contributed by atoms with Crippen LogP contribution in [0.25, 0.3) is 0 Å². The van der Waals surface area contributed by atoms with Crippen molar-refractivity contribution in [1.82, 2.24) is 9.55 Å². The van der Waals surface area contributed by atoms with Crippen molar-refractivity contribution in [2.24, 2.45) is 0 Å². The summed E-state index contributed by atoms with van der Waals surface area (Å²) in [7, 11) is 0. The lowest BCUT2D eigenvalue weighted by atomic mass is 10.1. The summed E-state index contributed by atoms with van der Waals surface area (Å²) in [6.07, 6.45) is 5.21. The molecule has 0 spiro atoms. The molecule has 0 saturated carbocycles. The third kappa shape index (κ3) is 3.46. The molecule has 0 saturated heterocycles. The first-order valence-electron chi connectivity index (χ1n) is 7.23. The summed E-state index contributed by atoms with van der Waals surface area (Å²) in [5, 5.41) is 13.6. The van der Waals surface area contributed by atoms with Crippen LogP contribution in [-0.2, 0) is 6.54 Å². The number of nitro groups is 1. The van der Waals surface area contributed by atoms with E-state index >= 15 is 0 Å². The highest BCUT2D eigenvalue weighted by Gasteiger charge is 2.13. The molecular weight excluding hydrogens is 308 g/mol. The van der Waals surface area contributed by atoms with Gasteiger partial charge in [0.05, 0.1) is 17.8 Å². The predicted octanol–water partition coefficient (Wildman–Crippen LogP) is 3.09. The zero-order chi connectivity index (χ0) is 16.9. The lowest BCUT2D eigenvalue weighted by Crippen LogP contribution is -2.14. The van der Waals surface area contributed by atoms with E-state index in [0.29, 0.717) is 12.2 Å². The Balaban J connectivity index is 1.82. The van der Waals surface area contributed by atoms with Crippen LogP contribution in [0, 0.1) is 10.1 Å². The van der Waals surface area contributed by atoms with E-state index in [1.54, 1.807) is 24.7 Å². The number of imidazole rings is 1. The Bertz CT molecular complexity index is 875. The number of rotatable bonds is 5. The quantitative estimate of drug-likeness (QED) is 0.577. The van der Waals surface area contributed by atoms with Gasteiger partial charge in [-0.2, -0.15) is 0 Å². The number of nitro benzene ring substituents is 1. The van der Waals surface area contributed by atoms with E-state index in [1.165, 1.54) is 18.2 Å². The van der Waals surface area contributed by atoms with Gasteiger partial charge in [-0.3, -0.25) is 14.9 Å². The van der Waals surface area contributed by atoms with Crippen LogP contribution >= 0.6 is 0 Å². The first kappa shape index (κ1) is 15.4. The molecule has 7 heteroatoms. The Morgan fingerprint density at radius 3 is 2.79 bits per heavy atom. The van der Waals surface area contributed by atoms with Crippen molar-refractivity contribution in [2.45, 2.75) is 6.54 Å². The number of carbonyl (C=O) groups is 1. The van der Waals surface area contributed by atoms with E-state index < -0.39 is 10.8 Å². The molecule has 0 radical (unpaired) electrons. The lowest BCUT2D eigenvalue weighted by molar-refractivity contribution is -0.384. The normalized spacial score (nSPS) is 10.3. The van der Waals surface area contributed by atoms with Crippen molar-refractivity contribution in [3.05, 3.63) is 88.5 Å². The van der Waals surface area contributed by atoms with Gasteiger partial charge in [0.2, 0.25) is 0 Å². The Hall–Kier alpha value is -3.48. The Labute approximate surface area is 137 Å². The minimum atomic E-state index is -0.524. The van der Waals surface area contributed by atoms with Crippen LogP contribution in [0.1, 0.15) is 15.9 Å². The SMILES string of the molecule is O=C(Nc1ccccc1Cn1ccnc1)c1cccc([N+](=O)[O-])c1. The number of hydrogen-bond acceptors (Lipinski definition) is 4. The van der Waals surface area contributed by atoms with Gasteiger partial charge in [-0.05, 0) is 17.7 Å². The van der Waals surface area contributed by atoms with Gasteiger partial charge >= 0.3 is 0 Å². The predicted molar refractivity (Wildman–Crippen MR) is 88.8 cm³/mol. The molecule has 2 aromatic carbocycles. The van der Waals surface area contributed by atoms with Crippen LogP contribution < -0.4 is 5.32 Å². The maximum absolute atomic E-state index is 12.4. The summed E-state index contributed by atoms with van der Waals surface area (Å²) in [5.74, 6) is -0.392. The molecule has 120 valence electrons. The van der Waals surface area contributed by atoms with Crippen molar-refractivity contribution >= 4 is 17.3 Å². The van der Waals surface area contributed by atoms with Crippen LogP contribution in [0.5, 0.6) is 0 Å². The molecule has 1 N–H and O–H groups in total. The molecule has 1 amide bonds. The van der Waals surface area contributed by atoms with E-state index in [4.69, 9.17) is 0 Å². The number of anilines is 1. The van der Waals surface area contributed by atoms with Gasteiger partial charge < -0.3 is 9.88 Å². The summed E-state index contributed by atoms with van der Waals surface area (Å²) in [6.45, 7) is 0.561. The van der Waals surface area contributed by atoms with Crippen molar-refractivity contribution < 1.29 is 9.72 Å². The number of nitrogens with one attached hydrogen (secondary N) is 1. The van der Waals surface area contributed by atoms with Crippen molar-refractivity contribution in [3.63, 3.8) is 0 Å². The van der Waals surface area contributed by atoms with Crippen LogP contribution in [0.15, 0.2) is 67.3 Å². The number of hydrogen-bond donors (Lipinski definition) is 1. The van der Waals surface area contributed by atoms with Crippen molar-refractivity contribution in [3.8, 4) is 0 Å². The van der Waals surface area contributed by atoms with Crippen LogP contribution in [0.4, 0.5) is 11.4 Å². The molecule has 1 aromatic heterocycles. The largest absolute Gasteiger partial charge is 0.333 e. The van der Waals surface area contributed by atoms with Crippen LogP contribution in [-0.4, -0.2) is 20.4 Å². The maximum atomic E-state index is 12.4. The van der Waals surface area contributed by atoms with Gasteiger partial charge in [-0.15, -0.1) is 0 Å². The molecular formula is C17H14N4O3. The van der Waals surface area contributed by atoms with Gasteiger partial charge in [0.25, 0.3) is 11.6 Å². The minimum absolute atomic E-state index is 0.116. The molecule has 0 aliphatic rings. The summed E-state index contributed by atoms with van der Waals surface area (Å²) >= 11 is 0. The highest BCUT2D eigenvalue weighted by Crippen LogP contribution is 2.19. The summed E-state index contributed by atoms with van der Waals surface area (Å²) in [6, 6.07) is 13.0. The molecule has 3 rings (SSSR count). The van der Waals surface area contributed by atoms with Crippen LogP contribution in [0.2, 0.25) is 0 Å². The van der Waals surface area contributed by atoms with Gasteiger partial charge in [0.15, 0.2) is 0 Å². The van der Waals surface area contributed by atoms with Crippen molar-refractivity contribution in [2.75, 3.05) is 5.32 Å². The number of amides is 1. The fourth-order valence-electron chi connectivity index (χ4n) is 2.31. The molecule has 24 heavy (non-hydrogen) atoms. The molecule has 0 unspecified atom stereocenters. The molecule has 0 atom stereocenters. The topological polar surface area (TPSA) is 90.1 Å². The second kappa shape index (κ2) is 6.74. The van der Waals surface area contributed by atoms with Gasteiger partial charge in [-0.1, -0.05) is 24.3 Å². The van der Waals surface area contributed by atoms with E-state index in [1.807, 2.05) is 29.0 Å². The number of benzene rings is 2. The van der Waals surface area contributed by atoms with Crippen molar-refractivity contribution in [1.29, 1.82) is 0 Å². The average molecular weight is 322 g/mol. The molecule has 0 aliphatic carbocycles. The standard InChI is InChI=1S/C17H14N4O3/c22-17(13-5-3-6-15(10-13)21(23)24)19-16-7-2-1-4-14(16)11-20-9-8-18-12-20/h1-10,12H,11H2,(H,19,22). The summed E-state index contributed by atoms with van der Waals surface area (Å²) < 4.78 is 1.89. The first-order chi connectivity index (χ1) is 11.6. The fourth-order valence-corrected chi connectivity index (χ4v) is 2.31. The monoisotopic (exact) mass is 322 g/mol. The second-order valence-electron chi connectivity index (χ2n) is 5.15. The molecule has 3 aromatic rings. The number of aromatic nitrogens is 2. The fraction of sp³-hybridized carbons (Fsp3) is 0.0588. The lowest BCUT2D eigenvalue weighted by Gasteiger charge is -2.11. The van der Waals surface area contributed by atoms with Gasteiger partial charge in [-0.25, -0.2) is 4.98 Å². The minimum Gasteiger partial charge on any atom is -0.333 e. The van der Waals surface area contributed by atoms with E-state index in [0.717, 1.165) is 5.56 Å². The number of nitrogens with zero attached hydrogens (tertiary/aromatic N) is 3. The number of carbonyl (C=O) groups excluding carboxylic acids is 1. The van der Waals surface area contributed by atoms with Crippen LogP contribution in [0.3, 0.4) is 0 Å². The number of non-ortho nitro benzene ring substituents is 1. The highest BCUT2D eigenvalue weighted by atomic mass is 16.6. The average Bonchev–Trinajstić information content (AvgIpc) is 3.10. The Morgan fingerprint density at radius 2 is 2.04 bits per heavy atom. The van der Waals surface area contributed by atoms with E-state index in [-0.39, 0.29) is 11.3 Å². The van der Waals surface area contributed by atoms with Gasteiger partial charge in [0, 0.05) is 35.8 Å². The zero-order valence-corrected chi connectivity index (χ0v) is 12.6. The Kier molecular flexibility index (Phi) is 4.33. The number of para-hydroxylation sites is 1. The molecule has 7 nitrogen and oxygen atoms in total. The highest BCUT2D eigenvalue weighted by molar-refractivity contribution is 6.05. The Morgan fingerprint density at radius 1 is 1.21 bits per heavy atom. The van der Waals surface area contributed by atoms with E-state index in [9.17, 15) is 14.9 Å². The first-order valence-corrected chi connectivity index (χ1v) is 7.23. The van der Waals surface area contributed by atoms with Gasteiger partial charge in [0.1, 0.15) is 0 Å². The smallest absolute Gasteiger partial charge is 0.270 e. The molecule has 1 heterocycles. The maximum Gasteiger partial charge on any atom is 0.270 e. The third-order valence-corrected chi connectivity index (χ3v) is 3.50. The van der Waals surface area contributed by atoms with E-state index in [2.05, 4.69) is 10.3 Å². The second-order valence-corrected chi connectivity index (χ2v) is 5.15. The third-order valence-electron chi connectivity index (χ3n) is 3.50. The summed E-state index contributed by atoms with van der Waals surface area (Å²) in [5.41, 5.74) is 1.69. The zero-order valence-electron chi connectivity index (χ0n) is 12.6. The molecule has 0 fully saturated rings.